The van der Waals surface area contributed by atoms with Gasteiger partial charge < -0.3 is 19.5 Å². The van der Waals surface area contributed by atoms with E-state index < -0.39 is 5.54 Å². The first-order valence-corrected chi connectivity index (χ1v) is 8.40. The Morgan fingerprint density at radius 1 is 1.40 bits per heavy atom. The molecule has 1 atom stereocenters. The van der Waals surface area contributed by atoms with Crippen molar-refractivity contribution in [1.82, 2.24) is 14.8 Å². The van der Waals surface area contributed by atoms with E-state index >= 15 is 0 Å². The van der Waals surface area contributed by atoms with Crippen LogP contribution in [0, 0.1) is 0 Å². The normalized spacial score (nSPS) is 22.8. The Bertz CT molecular complexity index is 901. The standard InChI is InChI=1S/C19H21N3O3/c1-4-8-21-11-16(23)22-9-7-13-14-10-12(25-3)5-6-15(14)20-17(13)19(22,2)18(21)24/h4-6,10,20H,1,7-9,11H2,2-3H3/t19-/m0/s1. The molecule has 0 spiro atoms. The Kier molecular flexibility index (Phi) is 3.39. The van der Waals surface area contributed by atoms with Crippen LogP contribution >= 0.6 is 0 Å². The fourth-order valence-corrected chi connectivity index (χ4v) is 4.14. The molecule has 1 N–H and O–H groups in total. The summed E-state index contributed by atoms with van der Waals surface area (Å²) in [5, 5.41) is 1.05. The number of methoxy groups -OCH3 is 1. The van der Waals surface area contributed by atoms with Gasteiger partial charge in [-0.3, -0.25) is 9.59 Å². The Morgan fingerprint density at radius 2 is 2.20 bits per heavy atom. The second-order valence-electron chi connectivity index (χ2n) is 6.73. The molecule has 6 heteroatoms. The van der Waals surface area contributed by atoms with Crippen LogP contribution in [0.4, 0.5) is 0 Å². The van der Waals surface area contributed by atoms with Crippen molar-refractivity contribution >= 4 is 22.7 Å². The predicted octanol–water partition coefficient (Wildman–Crippen LogP) is 1.80. The van der Waals surface area contributed by atoms with E-state index in [1.54, 1.807) is 23.0 Å². The number of piperazine rings is 1. The fraction of sp³-hybridized carbons (Fsp3) is 0.368. The van der Waals surface area contributed by atoms with E-state index in [-0.39, 0.29) is 18.4 Å². The topological polar surface area (TPSA) is 65.6 Å². The van der Waals surface area contributed by atoms with Crippen molar-refractivity contribution in [3.63, 3.8) is 0 Å². The van der Waals surface area contributed by atoms with E-state index in [0.29, 0.717) is 13.1 Å². The van der Waals surface area contributed by atoms with E-state index in [1.807, 2.05) is 25.1 Å². The zero-order valence-corrected chi connectivity index (χ0v) is 14.5. The molecule has 25 heavy (non-hydrogen) atoms. The molecule has 1 fully saturated rings. The molecule has 0 radical (unpaired) electrons. The van der Waals surface area contributed by atoms with Crippen LogP contribution in [-0.2, 0) is 21.5 Å². The first-order chi connectivity index (χ1) is 12.0. The molecule has 1 saturated heterocycles. The van der Waals surface area contributed by atoms with Crippen LogP contribution < -0.4 is 4.74 Å². The number of benzene rings is 1. The van der Waals surface area contributed by atoms with Crippen LogP contribution in [0.15, 0.2) is 30.9 Å². The SMILES string of the molecule is C=CCN1CC(=O)N2CCc3c([nH]c4ccc(OC)cc34)[C@@]2(C)C1=O. The maximum absolute atomic E-state index is 13.2. The molecule has 2 aliphatic heterocycles. The van der Waals surface area contributed by atoms with Gasteiger partial charge in [-0.15, -0.1) is 6.58 Å². The lowest BCUT2D eigenvalue weighted by Gasteiger charge is -2.49. The number of hydrogen-bond acceptors (Lipinski definition) is 3. The lowest BCUT2D eigenvalue weighted by atomic mass is 9.83. The molecule has 130 valence electrons. The lowest BCUT2D eigenvalue weighted by molar-refractivity contribution is -0.165. The van der Waals surface area contributed by atoms with Crippen molar-refractivity contribution in [2.75, 3.05) is 26.7 Å². The van der Waals surface area contributed by atoms with Crippen LogP contribution in [0.1, 0.15) is 18.2 Å². The minimum absolute atomic E-state index is 0.0224. The largest absolute Gasteiger partial charge is 0.497 e. The van der Waals surface area contributed by atoms with Crippen molar-refractivity contribution in [2.24, 2.45) is 0 Å². The summed E-state index contributed by atoms with van der Waals surface area (Å²) in [5.74, 6) is 0.693. The van der Waals surface area contributed by atoms with Gasteiger partial charge in [-0.05, 0) is 37.1 Å². The average molecular weight is 339 g/mol. The summed E-state index contributed by atoms with van der Waals surface area (Å²) in [4.78, 5) is 32.6. The maximum Gasteiger partial charge on any atom is 0.255 e. The number of nitrogens with one attached hydrogen (secondary N) is 1. The van der Waals surface area contributed by atoms with Crippen LogP contribution in [0.2, 0.25) is 0 Å². The number of carbonyl (C=O) groups excluding carboxylic acids is 2. The molecule has 6 nitrogen and oxygen atoms in total. The highest BCUT2D eigenvalue weighted by Gasteiger charge is 2.53. The van der Waals surface area contributed by atoms with Gasteiger partial charge in [-0.25, -0.2) is 0 Å². The number of rotatable bonds is 3. The zero-order valence-electron chi connectivity index (χ0n) is 14.5. The highest BCUT2D eigenvalue weighted by atomic mass is 16.5. The molecule has 3 heterocycles. The summed E-state index contributed by atoms with van der Waals surface area (Å²) < 4.78 is 5.34. The van der Waals surface area contributed by atoms with Gasteiger partial charge in [0, 0.05) is 24.0 Å². The minimum atomic E-state index is -1.00. The molecule has 0 saturated carbocycles. The van der Waals surface area contributed by atoms with Crippen molar-refractivity contribution in [1.29, 1.82) is 0 Å². The Labute approximate surface area is 146 Å². The summed E-state index contributed by atoms with van der Waals surface area (Å²) in [6, 6.07) is 5.83. The molecule has 0 bridgehead atoms. The second kappa shape index (κ2) is 5.37. The minimum Gasteiger partial charge on any atom is -0.497 e. The third-order valence-electron chi connectivity index (χ3n) is 5.41. The zero-order chi connectivity index (χ0) is 17.8. The van der Waals surface area contributed by atoms with E-state index in [4.69, 9.17) is 4.74 Å². The molecular formula is C19H21N3O3. The first-order valence-electron chi connectivity index (χ1n) is 8.40. The molecule has 1 aromatic heterocycles. The van der Waals surface area contributed by atoms with Crippen LogP contribution in [0.3, 0.4) is 0 Å². The van der Waals surface area contributed by atoms with Crippen molar-refractivity contribution in [3.05, 3.63) is 42.1 Å². The molecule has 4 rings (SSSR count). The third-order valence-corrected chi connectivity index (χ3v) is 5.41. The predicted molar refractivity (Wildman–Crippen MR) is 94.4 cm³/mol. The Balaban J connectivity index is 1.91. The Morgan fingerprint density at radius 3 is 2.92 bits per heavy atom. The summed E-state index contributed by atoms with van der Waals surface area (Å²) >= 11 is 0. The molecule has 0 unspecified atom stereocenters. The van der Waals surface area contributed by atoms with Gasteiger partial charge in [0.25, 0.3) is 5.91 Å². The van der Waals surface area contributed by atoms with Gasteiger partial charge in [0.15, 0.2) is 5.54 Å². The van der Waals surface area contributed by atoms with Gasteiger partial charge in [-0.2, -0.15) is 0 Å². The van der Waals surface area contributed by atoms with Crippen molar-refractivity contribution < 1.29 is 14.3 Å². The summed E-state index contributed by atoms with van der Waals surface area (Å²) in [7, 11) is 1.64. The van der Waals surface area contributed by atoms with Gasteiger partial charge in [0.05, 0.1) is 12.8 Å². The average Bonchev–Trinajstić information content (AvgIpc) is 2.99. The molecule has 1 aromatic carbocycles. The number of carbonyl (C=O) groups is 2. The number of fused-ring (bicyclic) bond motifs is 5. The summed E-state index contributed by atoms with van der Waals surface area (Å²) in [6.07, 6.45) is 2.38. The van der Waals surface area contributed by atoms with E-state index in [0.717, 1.165) is 34.3 Å². The van der Waals surface area contributed by atoms with Crippen LogP contribution in [0.5, 0.6) is 5.75 Å². The molecular weight excluding hydrogens is 318 g/mol. The highest BCUT2D eigenvalue weighted by molar-refractivity contribution is 6.00. The number of aromatic amines is 1. The number of amides is 2. The summed E-state index contributed by atoms with van der Waals surface area (Å²) in [6.45, 7) is 6.57. The van der Waals surface area contributed by atoms with Gasteiger partial charge >= 0.3 is 0 Å². The maximum atomic E-state index is 13.2. The monoisotopic (exact) mass is 339 g/mol. The van der Waals surface area contributed by atoms with Gasteiger partial charge in [0.2, 0.25) is 5.91 Å². The molecule has 0 aliphatic carbocycles. The van der Waals surface area contributed by atoms with Crippen LogP contribution in [-0.4, -0.2) is 53.3 Å². The first kappa shape index (κ1) is 15.7. The molecule has 2 aromatic rings. The Hall–Kier alpha value is -2.76. The number of ether oxygens (including phenoxy) is 1. The summed E-state index contributed by atoms with van der Waals surface area (Å²) in [5.41, 5.74) is 1.86. The van der Waals surface area contributed by atoms with E-state index in [2.05, 4.69) is 11.6 Å². The lowest BCUT2D eigenvalue weighted by Crippen LogP contribution is -2.66. The number of H-pyrrole nitrogens is 1. The number of hydrogen-bond donors (Lipinski definition) is 1. The van der Waals surface area contributed by atoms with Gasteiger partial charge in [0.1, 0.15) is 12.3 Å². The second-order valence-corrected chi connectivity index (χ2v) is 6.73. The highest BCUT2D eigenvalue weighted by Crippen LogP contribution is 2.42. The van der Waals surface area contributed by atoms with E-state index in [1.165, 1.54) is 0 Å². The van der Waals surface area contributed by atoms with Crippen molar-refractivity contribution in [2.45, 2.75) is 18.9 Å². The molecule has 2 amide bonds. The van der Waals surface area contributed by atoms with Crippen molar-refractivity contribution in [3.8, 4) is 5.75 Å². The van der Waals surface area contributed by atoms with Crippen LogP contribution in [0.25, 0.3) is 10.9 Å². The van der Waals surface area contributed by atoms with Gasteiger partial charge in [-0.1, -0.05) is 6.08 Å². The number of nitrogens with zero attached hydrogens (tertiary/aromatic N) is 2. The fourth-order valence-electron chi connectivity index (χ4n) is 4.14. The number of aromatic nitrogens is 1. The quantitative estimate of drug-likeness (QED) is 0.867. The molecule has 2 aliphatic rings. The third kappa shape index (κ3) is 2.03. The smallest absolute Gasteiger partial charge is 0.255 e. The van der Waals surface area contributed by atoms with E-state index in [9.17, 15) is 9.59 Å².